The largest absolute Gasteiger partial charge is 0.303 e. The molecule has 128 valence electrons. The van der Waals surface area contributed by atoms with Crippen molar-refractivity contribution in [3.05, 3.63) is 69.2 Å². The highest BCUT2D eigenvalue weighted by Gasteiger charge is 2.31. The summed E-state index contributed by atoms with van der Waals surface area (Å²) in [6, 6.07) is 13.2. The molecule has 3 rings (SSSR count). The van der Waals surface area contributed by atoms with Crippen molar-refractivity contribution >= 4 is 52.3 Å². The number of nitrogens with one attached hydrogen (secondary N) is 1. The lowest BCUT2D eigenvalue weighted by molar-refractivity contribution is -0.118. The van der Waals surface area contributed by atoms with Crippen molar-refractivity contribution in [3.8, 4) is 0 Å². The molecule has 0 saturated carbocycles. The van der Waals surface area contributed by atoms with E-state index in [1.165, 1.54) is 17.3 Å². The van der Waals surface area contributed by atoms with E-state index in [0.29, 0.717) is 21.6 Å². The second kappa shape index (κ2) is 8.04. The van der Waals surface area contributed by atoms with Crippen LogP contribution in [0.25, 0.3) is 0 Å². The fraction of sp³-hybridized carbons (Fsp3) is 0.167. The van der Waals surface area contributed by atoms with Crippen LogP contribution in [0.15, 0.2) is 52.7 Å². The van der Waals surface area contributed by atoms with Gasteiger partial charge < -0.3 is 5.32 Å². The van der Waals surface area contributed by atoms with Crippen molar-refractivity contribution in [3.63, 3.8) is 0 Å². The Hall–Kier alpha value is -1.82. The highest BCUT2D eigenvalue weighted by molar-refractivity contribution is 8.15. The average molecular weight is 392 g/mol. The summed E-state index contributed by atoms with van der Waals surface area (Å²) in [4.78, 5) is 12.1. The standard InChI is InChI=1S/C18H15Cl2N3OS/c1-11-2-4-12(5-3-11)10-21-23-18-22-17(24)16(25-18)9-13-8-14(19)6-7-15(13)20/h2-8,10,16H,9H2,1H3,(H,22,23,24)/b21-10-/t16-/m0/s1. The van der Waals surface area contributed by atoms with Crippen molar-refractivity contribution in [1.29, 1.82) is 0 Å². The molecule has 0 unspecified atom stereocenters. The summed E-state index contributed by atoms with van der Waals surface area (Å²) in [6.45, 7) is 2.03. The quantitative estimate of drug-likeness (QED) is 0.617. The lowest BCUT2D eigenvalue weighted by Crippen LogP contribution is -2.26. The van der Waals surface area contributed by atoms with Crippen molar-refractivity contribution in [2.24, 2.45) is 10.2 Å². The second-order valence-corrected chi connectivity index (χ2v) is 7.63. The van der Waals surface area contributed by atoms with Crippen molar-refractivity contribution in [2.75, 3.05) is 0 Å². The van der Waals surface area contributed by atoms with Gasteiger partial charge in [-0.1, -0.05) is 64.8 Å². The molecule has 0 radical (unpaired) electrons. The molecule has 0 aliphatic carbocycles. The molecule has 0 spiro atoms. The number of thioether (sulfide) groups is 1. The molecule has 7 heteroatoms. The number of rotatable bonds is 4. The zero-order valence-electron chi connectivity index (χ0n) is 13.4. The Bertz CT molecular complexity index is 850. The van der Waals surface area contributed by atoms with Gasteiger partial charge in [0.05, 0.1) is 11.5 Å². The number of nitrogens with zero attached hydrogens (tertiary/aromatic N) is 2. The van der Waals surface area contributed by atoms with Crippen LogP contribution in [0.5, 0.6) is 0 Å². The molecule has 1 aliphatic rings. The number of hydrogen-bond acceptors (Lipinski definition) is 4. The van der Waals surface area contributed by atoms with E-state index < -0.39 is 0 Å². The summed E-state index contributed by atoms with van der Waals surface area (Å²) in [6.07, 6.45) is 2.14. The Balaban J connectivity index is 1.65. The van der Waals surface area contributed by atoms with Gasteiger partial charge in [0.1, 0.15) is 0 Å². The molecule has 1 saturated heterocycles. The second-order valence-electron chi connectivity index (χ2n) is 5.60. The van der Waals surface area contributed by atoms with Gasteiger partial charge >= 0.3 is 0 Å². The zero-order chi connectivity index (χ0) is 17.8. The van der Waals surface area contributed by atoms with Gasteiger partial charge in [0.15, 0.2) is 5.17 Å². The average Bonchev–Trinajstić information content (AvgIpc) is 2.92. The maximum Gasteiger partial charge on any atom is 0.239 e. The van der Waals surface area contributed by atoms with E-state index in [1.54, 1.807) is 24.4 Å². The highest BCUT2D eigenvalue weighted by atomic mass is 35.5. The topological polar surface area (TPSA) is 53.8 Å². The van der Waals surface area contributed by atoms with Crippen molar-refractivity contribution in [1.82, 2.24) is 5.32 Å². The molecule has 1 atom stereocenters. The van der Waals surface area contributed by atoms with Gasteiger partial charge in [-0.25, -0.2) is 0 Å². The number of carbonyl (C=O) groups excluding carboxylic acids is 1. The van der Waals surface area contributed by atoms with Gasteiger partial charge in [-0.2, -0.15) is 5.10 Å². The van der Waals surface area contributed by atoms with Crippen molar-refractivity contribution < 1.29 is 4.79 Å². The van der Waals surface area contributed by atoms with Gasteiger partial charge in [-0.3, -0.25) is 4.79 Å². The van der Waals surface area contributed by atoms with Crippen LogP contribution in [-0.2, 0) is 11.2 Å². The lowest BCUT2D eigenvalue weighted by Gasteiger charge is -2.07. The summed E-state index contributed by atoms with van der Waals surface area (Å²) in [7, 11) is 0. The first kappa shape index (κ1) is 18.0. The molecule has 1 aliphatic heterocycles. The molecule has 0 bridgehead atoms. The predicted octanol–water partition coefficient (Wildman–Crippen LogP) is 4.47. The van der Waals surface area contributed by atoms with Crippen molar-refractivity contribution in [2.45, 2.75) is 18.6 Å². The van der Waals surface area contributed by atoms with Gasteiger partial charge in [0, 0.05) is 10.0 Å². The Kier molecular flexibility index (Phi) is 5.78. The van der Waals surface area contributed by atoms with Gasteiger partial charge in [0.25, 0.3) is 0 Å². The minimum atomic E-state index is -0.302. The first-order chi connectivity index (χ1) is 12.0. The summed E-state index contributed by atoms with van der Waals surface area (Å²) in [5, 5.41) is 12.2. The molecule has 1 N–H and O–H groups in total. The number of carbonyl (C=O) groups is 1. The van der Waals surface area contributed by atoms with Crippen LogP contribution < -0.4 is 5.32 Å². The van der Waals surface area contributed by atoms with E-state index in [0.717, 1.165) is 11.1 Å². The fourth-order valence-electron chi connectivity index (χ4n) is 2.29. The summed E-state index contributed by atoms with van der Waals surface area (Å²) < 4.78 is 0. The van der Waals surface area contributed by atoms with Crippen LogP contribution in [-0.4, -0.2) is 22.5 Å². The third-order valence-corrected chi connectivity index (χ3v) is 5.30. The van der Waals surface area contributed by atoms with E-state index in [4.69, 9.17) is 23.2 Å². The summed E-state index contributed by atoms with van der Waals surface area (Å²) in [5.74, 6) is -0.106. The van der Waals surface area contributed by atoms with Crippen LogP contribution in [0, 0.1) is 6.92 Å². The Labute approximate surface area is 160 Å². The Morgan fingerprint density at radius 1 is 1.20 bits per heavy atom. The summed E-state index contributed by atoms with van der Waals surface area (Å²) in [5.41, 5.74) is 2.97. The van der Waals surface area contributed by atoms with E-state index >= 15 is 0 Å². The summed E-state index contributed by atoms with van der Waals surface area (Å²) >= 11 is 13.5. The number of aryl methyl sites for hydroxylation is 1. The maximum absolute atomic E-state index is 12.1. The molecule has 4 nitrogen and oxygen atoms in total. The fourth-order valence-corrected chi connectivity index (χ4v) is 3.63. The third-order valence-electron chi connectivity index (χ3n) is 3.62. The molecule has 1 heterocycles. The third kappa shape index (κ3) is 4.84. The Morgan fingerprint density at radius 3 is 2.72 bits per heavy atom. The maximum atomic E-state index is 12.1. The smallest absolute Gasteiger partial charge is 0.239 e. The predicted molar refractivity (Wildman–Crippen MR) is 106 cm³/mol. The van der Waals surface area contributed by atoms with Crippen LogP contribution >= 0.6 is 35.0 Å². The first-order valence-electron chi connectivity index (χ1n) is 7.60. The molecule has 1 amide bonds. The van der Waals surface area contributed by atoms with Crippen LogP contribution in [0.1, 0.15) is 16.7 Å². The molecule has 2 aromatic carbocycles. The highest BCUT2D eigenvalue weighted by Crippen LogP contribution is 2.28. The molecule has 2 aromatic rings. The van der Waals surface area contributed by atoms with E-state index in [-0.39, 0.29) is 11.2 Å². The monoisotopic (exact) mass is 391 g/mol. The molecule has 25 heavy (non-hydrogen) atoms. The van der Waals surface area contributed by atoms with Gasteiger partial charge in [-0.15, -0.1) is 5.10 Å². The minimum absolute atomic E-state index is 0.106. The number of halogens is 2. The van der Waals surface area contributed by atoms with E-state index in [2.05, 4.69) is 15.5 Å². The first-order valence-corrected chi connectivity index (χ1v) is 9.24. The van der Waals surface area contributed by atoms with Crippen LogP contribution in [0.2, 0.25) is 10.0 Å². The SMILES string of the molecule is Cc1ccc(/C=N\N=C2/NC(=O)[C@H](Cc3cc(Cl)ccc3Cl)S2)cc1. The molecule has 1 fully saturated rings. The van der Waals surface area contributed by atoms with Gasteiger partial charge in [0.2, 0.25) is 5.91 Å². The molecular formula is C18H15Cl2N3OS. The molecule has 0 aromatic heterocycles. The lowest BCUT2D eigenvalue weighted by atomic mass is 10.1. The number of hydrogen-bond donors (Lipinski definition) is 1. The number of benzene rings is 2. The zero-order valence-corrected chi connectivity index (χ0v) is 15.7. The number of amidine groups is 1. The normalized spacial score (nSPS) is 18.9. The minimum Gasteiger partial charge on any atom is -0.303 e. The molecular weight excluding hydrogens is 377 g/mol. The van der Waals surface area contributed by atoms with Gasteiger partial charge in [-0.05, 0) is 42.7 Å². The van der Waals surface area contributed by atoms with Crippen LogP contribution in [0.4, 0.5) is 0 Å². The van der Waals surface area contributed by atoms with Crippen LogP contribution in [0.3, 0.4) is 0 Å². The van der Waals surface area contributed by atoms with E-state index in [1.807, 2.05) is 31.2 Å². The Morgan fingerprint density at radius 2 is 1.96 bits per heavy atom. The number of amides is 1. The van der Waals surface area contributed by atoms with E-state index in [9.17, 15) is 4.79 Å².